The van der Waals surface area contributed by atoms with E-state index in [4.69, 9.17) is 76.9 Å². The van der Waals surface area contributed by atoms with E-state index in [-0.39, 0.29) is 25.9 Å². The van der Waals surface area contributed by atoms with Crippen molar-refractivity contribution in [1.29, 1.82) is 0 Å². The maximum absolute atomic E-state index is 12.6. The number of rotatable bonds is 10. The lowest BCUT2D eigenvalue weighted by molar-refractivity contribution is -0.332. The number of amides is 1. The van der Waals surface area contributed by atoms with Crippen molar-refractivity contribution in [1.82, 2.24) is 5.32 Å². The van der Waals surface area contributed by atoms with Crippen molar-refractivity contribution in [3.05, 3.63) is 0 Å². The number of aliphatic hydroxyl groups is 8. The highest BCUT2D eigenvalue weighted by molar-refractivity contribution is 7.80. The van der Waals surface area contributed by atoms with E-state index in [0.29, 0.717) is 0 Å². The summed E-state index contributed by atoms with van der Waals surface area (Å²) in [5.74, 6) is -0.845. The maximum Gasteiger partial charge on any atom is 0.394 e. The zero-order valence-corrected chi connectivity index (χ0v) is 27.6. The van der Waals surface area contributed by atoms with Gasteiger partial charge in [0.1, 0.15) is 67.1 Å². The van der Waals surface area contributed by atoms with Crippen LogP contribution < -0.4 is 28.3 Å². The fraction of sp³-hybridized carbons (Fsp3) is 0.955. The van der Waals surface area contributed by atoms with Crippen LogP contribution in [-0.2, 0) is 44.5 Å². The Labute approximate surface area is 285 Å². The minimum absolute atomic E-state index is 0.0101. The lowest BCUT2D eigenvalue weighted by atomic mass is 9.83. The first-order valence-electron chi connectivity index (χ1n) is 14.5. The molecule has 0 radical (unpaired) electrons. The third kappa shape index (κ3) is 14.5. The molecule has 1 saturated carbocycles. The minimum atomic E-state index is -4.67. The van der Waals surface area contributed by atoms with Gasteiger partial charge in [0.15, 0.2) is 12.6 Å². The van der Waals surface area contributed by atoms with E-state index in [2.05, 4.69) is 5.32 Å². The Kier molecular flexibility index (Phi) is 18.8. The van der Waals surface area contributed by atoms with Crippen LogP contribution in [0.25, 0.3) is 0 Å². The van der Waals surface area contributed by atoms with Crippen molar-refractivity contribution in [3.8, 4) is 0 Å². The number of hydrogen-bond acceptors (Lipinski definition) is 21. The topological polar surface area (TPSA) is 481 Å². The van der Waals surface area contributed by atoms with Crippen molar-refractivity contribution in [3.63, 3.8) is 0 Å². The number of nitrogens with one attached hydrogen (secondary N) is 1. The molecule has 0 aromatic rings. The summed E-state index contributed by atoms with van der Waals surface area (Å²) in [6.45, 7) is -0.898. The summed E-state index contributed by atoms with van der Waals surface area (Å²) in [5.41, 5.74) is 23.1. The Morgan fingerprint density at radius 3 is 1.72 bits per heavy atom. The predicted octanol–water partition coefficient (Wildman–Crippen LogP) is -9.73. The van der Waals surface area contributed by atoms with Gasteiger partial charge in [-0.1, -0.05) is 0 Å². The fourth-order valence-electron chi connectivity index (χ4n) is 5.07. The van der Waals surface area contributed by atoms with Crippen LogP contribution in [0, 0.1) is 0 Å². The molecule has 21 N–H and O–H groups in total. The van der Waals surface area contributed by atoms with Crippen LogP contribution in [0.4, 0.5) is 0 Å². The van der Waals surface area contributed by atoms with Gasteiger partial charge in [-0.05, 0) is 19.4 Å². The molecule has 3 fully saturated rings. The molecule has 50 heavy (non-hydrogen) atoms. The van der Waals surface area contributed by atoms with Gasteiger partial charge in [-0.2, -0.15) is 16.8 Å². The van der Waals surface area contributed by atoms with Gasteiger partial charge in [-0.15, -0.1) is 0 Å². The number of carbonyl (C=O) groups is 1. The summed E-state index contributed by atoms with van der Waals surface area (Å²) >= 11 is 0. The first-order valence-corrected chi connectivity index (χ1v) is 17.3. The van der Waals surface area contributed by atoms with Crippen molar-refractivity contribution in [2.75, 3.05) is 19.7 Å². The van der Waals surface area contributed by atoms with Crippen molar-refractivity contribution in [2.45, 2.75) is 111 Å². The zero-order valence-electron chi connectivity index (χ0n) is 25.9. The molecular formula is C22H47N5O21S2. The molecule has 28 heteroatoms. The van der Waals surface area contributed by atoms with Crippen LogP contribution in [0.1, 0.15) is 12.8 Å². The average molecular weight is 782 g/mol. The predicted molar refractivity (Wildman–Crippen MR) is 160 cm³/mol. The summed E-state index contributed by atoms with van der Waals surface area (Å²) in [6.07, 6.45) is -19.8. The Morgan fingerprint density at radius 1 is 0.760 bits per heavy atom. The van der Waals surface area contributed by atoms with Crippen molar-refractivity contribution >= 4 is 26.7 Å². The van der Waals surface area contributed by atoms with Gasteiger partial charge >= 0.3 is 20.8 Å². The number of hydrogen-bond donors (Lipinski definition) is 17. The molecule has 298 valence electrons. The molecule has 0 aromatic carbocycles. The highest BCUT2D eigenvalue weighted by Crippen LogP contribution is 2.32. The molecule has 2 heterocycles. The molecule has 26 nitrogen and oxygen atoms in total. The zero-order chi connectivity index (χ0) is 38.9. The van der Waals surface area contributed by atoms with Crippen LogP contribution in [0.2, 0.25) is 0 Å². The largest absolute Gasteiger partial charge is 0.394 e. The summed E-state index contributed by atoms with van der Waals surface area (Å²) in [5, 5.41) is 84.9. The number of aliphatic hydroxyl groups excluding tert-OH is 8. The maximum atomic E-state index is 12.6. The second-order valence-electron chi connectivity index (χ2n) is 11.2. The average Bonchev–Trinajstić information content (AvgIpc) is 2.99. The Balaban J connectivity index is 0.00000109. The van der Waals surface area contributed by atoms with Gasteiger partial charge in [0.05, 0.1) is 18.7 Å². The van der Waals surface area contributed by atoms with Crippen molar-refractivity contribution < 1.29 is 99.6 Å². The van der Waals surface area contributed by atoms with E-state index in [9.17, 15) is 45.6 Å². The smallest absolute Gasteiger partial charge is 0.394 e. The molecule has 2 saturated heterocycles. The van der Waals surface area contributed by atoms with Crippen LogP contribution in [0.3, 0.4) is 0 Å². The van der Waals surface area contributed by atoms with Gasteiger partial charge in [-0.25, -0.2) is 0 Å². The first-order chi connectivity index (χ1) is 22.9. The Hall–Kier alpha value is -1.43. The monoisotopic (exact) mass is 781 g/mol. The summed E-state index contributed by atoms with van der Waals surface area (Å²) in [4.78, 5) is 12.6. The molecule has 3 aliphatic rings. The van der Waals surface area contributed by atoms with Gasteiger partial charge in [-0.3, -0.25) is 23.0 Å². The van der Waals surface area contributed by atoms with Crippen LogP contribution in [-0.4, -0.2) is 199 Å². The van der Waals surface area contributed by atoms with Gasteiger partial charge in [0.25, 0.3) is 0 Å². The van der Waals surface area contributed by atoms with Crippen molar-refractivity contribution in [2.24, 2.45) is 22.9 Å². The van der Waals surface area contributed by atoms with E-state index in [0.717, 1.165) is 0 Å². The van der Waals surface area contributed by atoms with E-state index < -0.39 is 131 Å². The molecule has 0 aromatic heterocycles. The highest BCUT2D eigenvalue weighted by atomic mass is 32.3. The van der Waals surface area contributed by atoms with Gasteiger partial charge < -0.3 is 88.1 Å². The quantitative estimate of drug-likeness (QED) is 0.0915. The number of carbonyl (C=O) groups excluding carboxylic acids is 1. The SMILES string of the molecule is NCC[C@H](O)C(=O)N[C@@H]1C[C@H](N)[C@H](O[C@H]2O[C@@H](CN)[C@@H](O)[C@H](O)[C@@H]2O)[C@H](O)[C@H]1O[C@H]1O[C@@H](CO)[C@@H](O)[C@H](N)[C@@H]1O.O=S(=O)(O)O.O=S(=O)(O)O. The lowest BCUT2D eigenvalue weighted by Crippen LogP contribution is -2.69. The second-order valence-corrected chi connectivity index (χ2v) is 13.0. The molecule has 16 atom stereocenters. The summed E-state index contributed by atoms with van der Waals surface area (Å²) in [6, 6.07) is -3.45. The van der Waals surface area contributed by atoms with E-state index in [1.807, 2.05) is 0 Å². The molecular weight excluding hydrogens is 734 g/mol. The molecule has 0 bridgehead atoms. The third-order valence-electron chi connectivity index (χ3n) is 7.51. The number of ether oxygens (including phenoxy) is 4. The van der Waals surface area contributed by atoms with Crippen LogP contribution in [0.5, 0.6) is 0 Å². The van der Waals surface area contributed by atoms with E-state index in [1.54, 1.807) is 0 Å². The lowest BCUT2D eigenvalue weighted by Gasteiger charge is -2.49. The molecule has 0 unspecified atom stereocenters. The van der Waals surface area contributed by atoms with E-state index >= 15 is 0 Å². The molecule has 2 aliphatic heterocycles. The van der Waals surface area contributed by atoms with Gasteiger partial charge in [0.2, 0.25) is 5.91 Å². The normalized spacial score (nSPS) is 40.0. The van der Waals surface area contributed by atoms with Crippen LogP contribution in [0.15, 0.2) is 0 Å². The standard InChI is InChI=1S/C22H43N5O13.2H2O4S/c23-2-1-8(29)20(36)27-7-3-6(25)18(39-22-16(34)15(33)13(31)9(4-24)37-22)17(35)19(7)40-21-14(32)11(26)12(30)10(5-28)38-21;2*1-5(2,3)4/h6-19,21-22,28-35H,1-5,23-26H2,(H,27,36);2*(H2,1,2,3,4)/t6-,7+,8-,9-,10-,11-,12+,13+,14-,15-,16-,17-,18-,19-,21+,22+;;/m0../s1. The minimum Gasteiger partial charge on any atom is -0.394 e. The second kappa shape index (κ2) is 20.1. The van der Waals surface area contributed by atoms with Crippen LogP contribution >= 0.6 is 0 Å². The Morgan fingerprint density at radius 2 is 1.24 bits per heavy atom. The number of nitrogens with two attached hydrogens (primary N) is 4. The summed E-state index contributed by atoms with van der Waals surface area (Å²) < 4.78 is 85.7. The highest BCUT2D eigenvalue weighted by Gasteiger charge is 2.52. The fourth-order valence-corrected chi connectivity index (χ4v) is 5.07. The Bertz CT molecular complexity index is 1200. The van der Waals surface area contributed by atoms with E-state index in [1.165, 1.54) is 0 Å². The molecule has 1 aliphatic carbocycles. The third-order valence-corrected chi connectivity index (χ3v) is 7.51. The molecule has 1 amide bonds. The first kappa shape index (κ1) is 46.6. The van der Waals surface area contributed by atoms with Gasteiger partial charge in [0, 0.05) is 12.6 Å². The summed E-state index contributed by atoms with van der Waals surface area (Å²) in [7, 11) is -9.33. The molecule has 3 rings (SSSR count). The molecule has 0 spiro atoms.